The lowest BCUT2D eigenvalue weighted by Crippen LogP contribution is -2.00. The average molecular weight is 394 g/mol. The third-order valence-electron chi connectivity index (χ3n) is 2.93. The van der Waals surface area contributed by atoms with Gasteiger partial charge in [0.25, 0.3) is 0 Å². The lowest BCUT2D eigenvalue weighted by atomic mass is 10.2. The van der Waals surface area contributed by atoms with Gasteiger partial charge in [-0.2, -0.15) is 0 Å². The fraction of sp³-hybridized carbons (Fsp3) is 0. The molecule has 1 aromatic heterocycles. The predicted octanol–water partition coefficient (Wildman–Crippen LogP) is 5.52. The van der Waals surface area contributed by atoms with E-state index in [4.69, 9.17) is 23.8 Å². The van der Waals surface area contributed by atoms with Gasteiger partial charge in [-0.3, -0.25) is 4.57 Å². The zero-order valence-electron chi connectivity index (χ0n) is 10.1. The Hall–Kier alpha value is -1.31. The number of hydrogen-bond donors (Lipinski definition) is 1. The first-order chi connectivity index (χ1) is 9.88. The van der Waals surface area contributed by atoms with Crippen LogP contribution in [0.15, 0.2) is 28.7 Å². The largest absolute Gasteiger partial charge is 0.330 e. The first-order valence-electron chi connectivity index (χ1n) is 5.63. The fourth-order valence-electron chi connectivity index (χ4n) is 2.07. The number of fused-ring (bicyclic) bond motifs is 1. The van der Waals surface area contributed by atoms with E-state index < -0.39 is 17.5 Å². The molecule has 0 bridgehead atoms. The Morgan fingerprint density at radius 2 is 1.81 bits per heavy atom. The number of halogens is 5. The standard InChI is InChI=1S/C13H5BrClF3N2S/c14-6-3-11-10(4-8(6)17)19-13(21)20(11)12-7(15)1-5(16)2-9(12)18/h1-4H,(H,19,21). The minimum atomic E-state index is -0.863. The molecule has 0 aliphatic carbocycles. The third kappa shape index (κ3) is 2.39. The van der Waals surface area contributed by atoms with Crippen molar-refractivity contribution in [1.82, 2.24) is 9.55 Å². The van der Waals surface area contributed by atoms with E-state index in [9.17, 15) is 13.2 Å². The molecular weight excluding hydrogens is 389 g/mol. The van der Waals surface area contributed by atoms with Gasteiger partial charge in [-0.25, -0.2) is 13.2 Å². The van der Waals surface area contributed by atoms with E-state index in [0.29, 0.717) is 17.1 Å². The van der Waals surface area contributed by atoms with Crippen LogP contribution in [0.25, 0.3) is 16.7 Å². The molecule has 0 fully saturated rings. The van der Waals surface area contributed by atoms with Crippen LogP contribution in [0.1, 0.15) is 0 Å². The summed E-state index contributed by atoms with van der Waals surface area (Å²) in [4.78, 5) is 2.76. The highest BCUT2D eigenvalue weighted by atomic mass is 79.9. The van der Waals surface area contributed by atoms with Gasteiger partial charge < -0.3 is 4.98 Å². The monoisotopic (exact) mass is 392 g/mol. The van der Waals surface area contributed by atoms with Gasteiger partial charge in [-0.1, -0.05) is 11.6 Å². The second-order valence-corrected chi connectivity index (χ2v) is 5.92. The summed E-state index contributed by atoms with van der Waals surface area (Å²) in [5, 5.41) is -0.134. The molecule has 2 nitrogen and oxygen atoms in total. The summed E-state index contributed by atoms with van der Waals surface area (Å²) in [6.07, 6.45) is 0. The van der Waals surface area contributed by atoms with Crippen LogP contribution in [-0.4, -0.2) is 9.55 Å². The van der Waals surface area contributed by atoms with Gasteiger partial charge in [0.15, 0.2) is 10.6 Å². The van der Waals surface area contributed by atoms with E-state index in [1.807, 2.05) is 0 Å². The molecule has 8 heteroatoms. The summed E-state index contributed by atoms with van der Waals surface area (Å²) in [6.45, 7) is 0. The number of H-pyrrole nitrogens is 1. The molecule has 21 heavy (non-hydrogen) atoms. The van der Waals surface area contributed by atoms with Gasteiger partial charge >= 0.3 is 0 Å². The molecule has 1 heterocycles. The quantitative estimate of drug-likeness (QED) is 0.540. The number of hydrogen-bond acceptors (Lipinski definition) is 1. The SMILES string of the molecule is Fc1cc(F)c(-n2c(=S)[nH]c3cc(F)c(Br)cc32)c(Cl)c1. The van der Waals surface area contributed by atoms with Crippen LogP contribution in [0, 0.1) is 22.2 Å². The number of nitrogens with zero attached hydrogens (tertiary/aromatic N) is 1. The highest BCUT2D eigenvalue weighted by molar-refractivity contribution is 9.10. The molecular formula is C13H5BrClF3N2S. The van der Waals surface area contributed by atoms with Gasteiger partial charge in [0.2, 0.25) is 0 Å². The average Bonchev–Trinajstić information content (AvgIpc) is 2.66. The number of imidazole rings is 1. The van der Waals surface area contributed by atoms with E-state index in [1.54, 1.807) is 0 Å². The maximum absolute atomic E-state index is 14.1. The Labute approximate surface area is 135 Å². The normalized spacial score (nSPS) is 11.3. The Morgan fingerprint density at radius 3 is 2.48 bits per heavy atom. The van der Waals surface area contributed by atoms with Crippen LogP contribution >= 0.6 is 39.7 Å². The Bertz CT molecular complexity index is 912. The molecule has 0 spiro atoms. The van der Waals surface area contributed by atoms with Crippen LogP contribution in [0.4, 0.5) is 13.2 Å². The smallest absolute Gasteiger partial charge is 0.182 e. The van der Waals surface area contributed by atoms with Crippen molar-refractivity contribution in [3.8, 4) is 5.69 Å². The zero-order chi connectivity index (χ0) is 15.3. The Balaban J connectivity index is 2.44. The number of nitrogens with one attached hydrogen (secondary N) is 1. The van der Waals surface area contributed by atoms with Crippen LogP contribution in [-0.2, 0) is 0 Å². The van der Waals surface area contributed by atoms with Crippen LogP contribution in [0.2, 0.25) is 5.02 Å². The van der Waals surface area contributed by atoms with E-state index in [2.05, 4.69) is 20.9 Å². The molecule has 0 amide bonds. The molecule has 108 valence electrons. The molecule has 3 aromatic rings. The van der Waals surface area contributed by atoms with Gasteiger partial charge in [-0.15, -0.1) is 0 Å². The summed E-state index contributed by atoms with van der Waals surface area (Å²) in [5.74, 6) is -2.14. The van der Waals surface area contributed by atoms with Crippen molar-refractivity contribution in [2.75, 3.05) is 0 Å². The topological polar surface area (TPSA) is 20.7 Å². The Kier molecular flexibility index (Phi) is 3.59. The minimum Gasteiger partial charge on any atom is -0.330 e. The maximum atomic E-state index is 14.1. The van der Waals surface area contributed by atoms with Crippen LogP contribution < -0.4 is 0 Å². The summed E-state index contributed by atoms with van der Waals surface area (Å²) >= 11 is 14.1. The van der Waals surface area contributed by atoms with Crippen LogP contribution in [0.3, 0.4) is 0 Å². The van der Waals surface area contributed by atoms with E-state index in [0.717, 1.165) is 6.07 Å². The van der Waals surface area contributed by atoms with Gasteiger partial charge in [0, 0.05) is 12.1 Å². The molecule has 0 saturated carbocycles. The van der Waals surface area contributed by atoms with Crippen molar-refractivity contribution >= 4 is 50.8 Å². The first kappa shape index (κ1) is 14.6. The van der Waals surface area contributed by atoms with E-state index in [-0.39, 0.29) is 20.0 Å². The minimum absolute atomic E-state index is 0.0900. The van der Waals surface area contributed by atoms with E-state index in [1.165, 1.54) is 16.7 Å². The lowest BCUT2D eigenvalue weighted by molar-refractivity contribution is 0.578. The van der Waals surface area contributed by atoms with E-state index >= 15 is 0 Å². The lowest BCUT2D eigenvalue weighted by Gasteiger charge is -2.09. The number of rotatable bonds is 1. The Morgan fingerprint density at radius 1 is 1.10 bits per heavy atom. The molecule has 0 aliphatic heterocycles. The van der Waals surface area contributed by atoms with Crippen molar-refractivity contribution < 1.29 is 13.2 Å². The second kappa shape index (κ2) is 5.15. The van der Waals surface area contributed by atoms with Crippen molar-refractivity contribution in [3.63, 3.8) is 0 Å². The molecule has 0 atom stereocenters. The first-order valence-corrected chi connectivity index (χ1v) is 7.21. The van der Waals surface area contributed by atoms with Gasteiger partial charge in [0.1, 0.15) is 17.3 Å². The highest BCUT2D eigenvalue weighted by Gasteiger charge is 2.17. The number of aromatic nitrogens is 2. The summed E-state index contributed by atoms with van der Waals surface area (Å²) in [6, 6.07) is 4.36. The maximum Gasteiger partial charge on any atom is 0.182 e. The summed E-state index contributed by atoms with van der Waals surface area (Å²) in [5.41, 5.74) is 0.703. The zero-order valence-corrected chi connectivity index (χ0v) is 13.2. The van der Waals surface area contributed by atoms with Crippen molar-refractivity contribution in [1.29, 1.82) is 0 Å². The molecule has 3 rings (SSSR count). The van der Waals surface area contributed by atoms with Crippen molar-refractivity contribution in [2.45, 2.75) is 0 Å². The fourth-order valence-corrected chi connectivity index (χ4v) is 2.98. The highest BCUT2D eigenvalue weighted by Crippen LogP contribution is 2.31. The molecule has 2 aromatic carbocycles. The molecule has 0 unspecified atom stereocenters. The number of aromatic amines is 1. The second-order valence-electron chi connectivity index (χ2n) is 4.27. The van der Waals surface area contributed by atoms with Gasteiger partial charge in [-0.05, 0) is 40.3 Å². The van der Waals surface area contributed by atoms with Crippen molar-refractivity contribution in [3.05, 3.63) is 56.0 Å². The van der Waals surface area contributed by atoms with Gasteiger partial charge in [0.05, 0.1) is 20.5 Å². The molecule has 0 radical (unpaired) electrons. The molecule has 0 saturated heterocycles. The van der Waals surface area contributed by atoms with Crippen molar-refractivity contribution in [2.24, 2.45) is 0 Å². The number of benzene rings is 2. The predicted molar refractivity (Wildman–Crippen MR) is 81.0 cm³/mol. The summed E-state index contributed by atoms with van der Waals surface area (Å²) < 4.78 is 42.4. The summed E-state index contributed by atoms with van der Waals surface area (Å²) in [7, 11) is 0. The molecule has 0 aliphatic rings. The van der Waals surface area contributed by atoms with Crippen LogP contribution in [0.5, 0.6) is 0 Å². The third-order valence-corrected chi connectivity index (χ3v) is 4.11. The molecule has 1 N–H and O–H groups in total.